The number of likely N-dealkylation sites (N-methyl/N-ethyl adjacent to an activating group) is 1. The zero-order valence-corrected chi connectivity index (χ0v) is 11.1. The molecule has 1 aromatic carbocycles. The fourth-order valence-corrected chi connectivity index (χ4v) is 2.56. The van der Waals surface area contributed by atoms with Crippen LogP contribution in [-0.4, -0.2) is 18.6 Å². The van der Waals surface area contributed by atoms with Gasteiger partial charge in [-0.25, -0.2) is 0 Å². The van der Waals surface area contributed by atoms with Crippen LogP contribution in [0.5, 0.6) is 5.75 Å². The Morgan fingerprint density at radius 2 is 2.11 bits per heavy atom. The molecule has 1 aliphatic rings. The van der Waals surface area contributed by atoms with Crippen molar-refractivity contribution in [1.29, 1.82) is 0 Å². The standard InChI is InChI=1S/C16H18N2O/c1-17-15(10-12-4-7-18-8-5-12)13-2-3-16-14(11-13)6-9-19-16/h2-5,7-8,11,15,17H,6,9-10H2,1H3. The number of hydrogen-bond donors (Lipinski definition) is 1. The van der Waals surface area contributed by atoms with E-state index < -0.39 is 0 Å². The van der Waals surface area contributed by atoms with E-state index in [0.717, 1.165) is 25.2 Å². The number of benzene rings is 1. The third-order valence-corrected chi connectivity index (χ3v) is 3.65. The maximum atomic E-state index is 5.56. The summed E-state index contributed by atoms with van der Waals surface area (Å²) >= 11 is 0. The van der Waals surface area contributed by atoms with Crippen LogP contribution in [0.4, 0.5) is 0 Å². The lowest BCUT2D eigenvalue weighted by Gasteiger charge is -2.17. The molecule has 3 nitrogen and oxygen atoms in total. The monoisotopic (exact) mass is 254 g/mol. The number of aromatic nitrogens is 1. The molecule has 2 heterocycles. The molecular formula is C16H18N2O. The van der Waals surface area contributed by atoms with Gasteiger partial charge in [-0.2, -0.15) is 0 Å². The van der Waals surface area contributed by atoms with Gasteiger partial charge in [-0.3, -0.25) is 4.98 Å². The van der Waals surface area contributed by atoms with E-state index in [9.17, 15) is 0 Å². The van der Waals surface area contributed by atoms with Crippen LogP contribution in [0.1, 0.15) is 22.7 Å². The van der Waals surface area contributed by atoms with Crippen molar-refractivity contribution in [2.75, 3.05) is 13.7 Å². The first-order valence-electron chi connectivity index (χ1n) is 6.68. The molecule has 1 aliphatic heterocycles. The highest BCUT2D eigenvalue weighted by Crippen LogP contribution is 2.29. The summed E-state index contributed by atoms with van der Waals surface area (Å²) in [5, 5.41) is 3.40. The third kappa shape index (κ3) is 2.61. The molecular weight excluding hydrogens is 236 g/mol. The first-order chi connectivity index (χ1) is 9.36. The summed E-state index contributed by atoms with van der Waals surface area (Å²) in [6.45, 7) is 0.813. The molecule has 0 amide bonds. The van der Waals surface area contributed by atoms with Gasteiger partial charge < -0.3 is 10.1 Å². The molecule has 1 unspecified atom stereocenters. The Bertz CT molecular complexity index is 554. The highest BCUT2D eigenvalue weighted by atomic mass is 16.5. The van der Waals surface area contributed by atoms with Crippen LogP contribution in [-0.2, 0) is 12.8 Å². The van der Waals surface area contributed by atoms with Crippen molar-refractivity contribution in [1.82, 2.24) is 10.3 Å². The van der Waals surface area contributed by atoms with E-state index in [1.165, 1.54) is 16.7 Å². The average molecular weight is 254 g/mol. The van der Waals surface area contributed by atoms with E-state index in [0.29, 0.717) is 6.04 Å². The Hall–Kier alpha value is -1.87. The van der Waals surface area contributed by atoms with E-state index in [4.69, 9.17) is 4.74 Å². The van der Waals surface area contributed by atoms with Gasteiger partial charge in [-0.1, -0.05) is 12.1 Å². The zero-order chi connectivity index (χ0) is 13.1. The topological polar surface area (TPSA) is 34.2 Å². The molecule has 0 saturated carbocycles. The van der Waals surface area contributed by atoms with Gasteiger partial charge in [0.25, 0.3) is 0 Å². The van der Waals surface area contributed by atoms with E-state index in [-0.39, 0.29) is 0 Å². The summed E-state index contributed by atoms with van der Waals surface area (Å²) in [6.07, 6.45) is 5.69. The van der Waals surface area contributed by atoms with Crippen LogP contribution < -0.4 is 10.1 Å². The molecule has 1 atom stereocenters. The summed E-state index contributed by atoms with van der Waals surface area (Å²) in [5.74, 6) is 1.04. The number of fused-ring (bicyclic) bond motifs is 1. The number of hydrogen-bond acceptors (Lipinski definition) is 3. The van der Waals surface area contributed by atoms with Gasteiger partial charge in [0.15, 0.2) is 0 Å². The highest BCUT2D eigenvalue weighted by molar-refractivity contribution is 5.41. The summed E-state index contributed by atoms with van der Waals surface area (Å²) in [7, 11) is 2.01. The van der Waals surface area contributed by atoms with Crippen molar-refractivity contribution in [3.05, 3.63) is 59.4 Å². The van der Waals surface area contributed by atoms with Crippen molar-refractivity contribution >= 4 is 0 Å². The minimum atomic E-state index is 0.327. The molecule has 0 radical (unpaired) electrons. The number of rotatable bonds is 4. The van der Waals surface area contributed by atoms with Crippen molar-refractivity contribution < 1.29 is 4.74 Å². The van der Waals surface area contributed by atoms with Crippen LogP contribution >= 0.6 is 0 Å². The molecule has 0 bridgehead atoms. The number of nitrogens with one attached hydrogen (secondary N) is 1. The van der Waals surface area contributed by atoms with Gasteiger partial charge in [-0.15, -0.1) is 0 Å². The molecule has 98 valence electrons. The minimum absolute atomic E-state index is 0.327. The first kappa shape index (κ1) is 12.2. The summed E-state index contributed by atoms with van der Waals surface area (Å²) in [4.78, 5) is 4.06. The third-order valence-electron chi connectivity index (χ3n) is 3.65. The molecule has 3 rings (SSSR count). The molecule has 0 fully saturated rings. The predicted molar refractivity (Wildman–Crippen MR) is 75.4 cm³/mol. The summed E-state index contributed by atoms with van der Waals surface area (Å²) in [6, 6.07) is 11.0. The van der Waals surface area contributed by atoms with Gasteiger partial charge in [0.2, 0.25) is 0 Å². The van der Waals surface area contributed by atoms with Crippen molar-refractivity contribution in [2.24, 2.45) is 0 Å². The minimum Gasteiger partial charge on any atom is -0.493 e. The number of nitrogens with zero attached hydrogens (tertiary/aromatic N) is 1. The molecule has 0 aliphatic carbocycles. The van der Waals surface area contributed by atoms with Crippen LogP contribution in [0.25, 0.3) is 0 Å². The van der Waals surface area contributed by atoms with Crippen LogP contribution in [0.2, 0.25) is 0 Å². The maximum absolute atomic E-state index is 5.56. The number of ether oxygens (including phenoxy) is 1. The summed E-state index contributed by atoms with van der Waals surface area (Å²) in [5.41, 5.74) is 3.95. The molecule has 3 heteroatoms. The maximum Gasteiger partial charge on any atom is 0.122 e. The lowest BCUT2D eigenvalue weighted by Crippen LogP contribution is -2.18. The fourth-order valence-electron chi connectivity index (χ4n) is 2.56. The van der Waals surface area contributed by atoms with Crippen LogP contribution in [0.15, 0.2) is 42.7 Å². The Morgan fingerprint density at radius 1 is 1.26 bits per heavy atom. The zero-order valence-electron chi connectivity index (χ0n) is 11.1. The van der Waals surface area contributed by atoms with E-state index in [2.05, 4.69) is 40.6 Å². The Kier molecular flexibility index (Phi) is 3.47. The summed E-state index contributed by atoms with van der Waals surface area (Å²) < 4.78 is 5.56. The van der Waals surface area contributed by atoms with Crippen molar-refractivity contribution in [3.8, 4) is 5.75 Å². The second-order valence-electron chi connectivity index (χ2n) is 4.87. The van der Waals surface area contributed by atoms with Crippen molar-refractivity contribution in [2.45, 2.75) is 18.9 Å². The average Bonchev–Trinajstić information content (AvgIpc) is 2.93. The molecule has 2 aromatic rings. The van der Waals surface area contributed by atoms with Gasteiger partial charge in [0, 0.05) is 24.9 Å². The quantitative estimate of drug-likeness (QED) is 0.910. The molecule has 1 aromatic heterocycles. The van der Waals surface area contributed by atoms with Gasteiger partial charge in [-0.05, 0) is 48.4 Å². The molecule has 1 N–H and O–H groups in total. The van der Waals surface area contributed by atoms with Crippen LogP contribution in [0, 0.1) is 0 Å². The normalized spacial score (nSPS) is 14.8. The van der Waals surface area contributed by atoms with E-state index in [1.807, 2.05) is 19.4 Å². The second-order valence-corrected chi connectivity index (χ2v) is 4.87. The predicted octanol–water partition coefficient (Wildman–Crippen LogP) is 2.52. The largest absolute Gasteiger partial charge is 0.493 e. The first-order valence-corrected chi connectivity index (χ1v) is 6.68. The SMILES string of the molecule is CNC(Cc1ccncc1)c1ccc2c(c1)CCO2. The lowest BCUT2D eigenvalue weighted by molar-refractivity contribution is 0.356. The van der Waals surface area contributed by atoms with Crippen LogP contribution in [0.3, 0.4) is 0 Å². The van der Waals surface area contributed by atoms with Crippen molar-refractivity contribution in [3.63, 3.8) is 0 Å². The molecule has 0 spiro atoms. The lowest BCUT2D eigenvalue weighted by atomic mass is 9.97. The molecule has 0 saturated heterocycles. The van der Waals surface area contributed by atoms with Gasteiger partial charge >= 0.3 is 0 Å². The second kappa shape index (κ2) is 5.41. The number of pyridine rings is 1. The fraction of sp³-hybridized carbons (Fsp3) is 0.312. The smallest absolute Gasteiger partial charge is 0.122 e. The molecule has 19 heavy (non-hydrogen) atoms. The van der Waals surface area contributed by atoms with E-state index in [1.54, 1.807) is 0 Å². The Labute approximate surface area is 113 Å². The van der Waals surface area contributed by atoms with Gasteiger partial charge in [0.1, 0.15) is 5.75 Å². The highest BCUT2D eigenvalue weighted by Gasteiger charge is 2.16. The van der Waals surface area contributed by atoms with Gasteiger partial charge in [0.05, 0.1) is 6.61 Å². The Balaban J connectivity index is 1.82. The Morgan fingerprint density at radius 3 is 2.89 bits per heavy atom. The van der Waals surface area contributed by atoms with E-state index >= 15 is 0 Å².